The van der Waals surface area contributed by atoms with E-state index >= 15 is 0 Å². The van der Waals surface area contributed by atoms with Crippen LogP contribution in [0.1, 0.15) is 39.0 Å². The molecule has 1 aliphatic heterocycles. The average molecular weight is 528 g/mol. The van der Waals surface area contributed by atoms with E-state index in [0.29, 0.717) is 29.9 Å². The van der Waals surface area contributed by atoms with Crippen LogP contribution in [-0.2, 0) is 24.0 Å². The van der Waals surface area contributed by atoms with Crippen molar-refractivity contribution in [1.82, 2.24) is 4.90 Å². The van der Waals surface area contributed by atoms with Crippen LogP contribution < -0.4 is 4.90 Å². The molecule has 1 fully saturated rings. The number of carbonyl (C=O) groups is 1. The molecule has 5 nitrogen and oxygen atoms in total. The molecule has 0 amide bonds. The van der Waals surface area contributed by atoms with Crippen molar-refractivity contribution in [1.29, 1.82) is 5.26 Å². The summed E-state index contributed by atoms with van der Waals surface area (Å²) in [6, 6.07) is 19.7. The number of benzene rings is 3. The molecule has 192 valence electrons. The van der Waals surface area contributed by atoms with Gasteiger partial charge >= 0.3 is 12.1 Å². The second-order valence-corrected chi connectivity index (χ2v) is 9.34. The third-order valence-electron chi connectivity index (χ3n) is 6.51. The van der Waals surface area contributed by atoms with Crippen molar-refractivity contribution < 1.29 is 22.7 Å². The normalized spacial score (nSPS) is 15.8. The van der Waals surface area contributed by atoms with Crippen molar-refractivity contribution in [3.63, 3.8) is 0 Å². The minimum atomic E-state index is -4.48. The van der Waals surface area contributed by atoms with Gasteiger partial charge in [-0.1, -0.05) is 41.9 Å². The fourth-order valence-electron chi connectivity index (χ4n) is 4.71. The van der Waals surface area contributed by atoms with Gasteiger partial charge in [-0.25, -0.2) is 4.79 Å². The molecule has 1 aliphatic rings. The number of ether oxygens (including phenoxy) is 1. The van der Waals surface area contributed by atoms with Crippen LogP contribution in [0.2, 0.25) is 5.02 Å². The number of alkyl halides is 3. The van der Waals surface area contributed by atoms with Crippen LogP contribution in [0.5, 0.6) is 0 Å². The number of esters is 1. The van der Waals surface area contributed by atoms with Gasteiger partial charge in [-0.05, 0) is 53.9 Å². The summed E-state index contributed by atoms with van der Waals surface area (Å²) in [5, 5.41) is 9.51. The molecule has 0 unspecified atom stereocenters. The van der Waals surface area contributed by atoms with E-state index in [2.05, 4.69) is 4.90 Å². The van der Waals surface area contributed by atoms with Gasteiger partial charge in [-0.3, -0.25) is 4.90 Å². The lowest BCUT2D eigenvalue weighted by Gasteiger charge is -2.32. The summed E-state index contributed by atoms with van der Waals surface area (Å²) in [5.74, 6) is -0.409. The van der Waals surface area contributed by atoms with Crippen molar-refractivity contribution in [3.8, 4) is 6.07 Å². The number of rotatable bonds is 7. The zero-order valence-corrected chi connectivity index (χ0v) is 20.9. The van der Waals surface area contributed by atoms with Crippen molar-refractivity contribution >= 4 is 23.3 Å². The van der Waals surface area contributed by atoms with Gasteiger partial charge < -0.3 is 9.64 Å². The molecule has 3 aromatic carbocycles. The molecule has 4 rings (SSSR count). The van der Waals surface area contributed by atoms with E-state index < -0.39 is 17.7 Å². The molecule has 9 heteroatoms. The van der Waals surface area contributed by atoms with E-state index in [1.165, 1.54) is 19.2 Å². The zero-order chi connectivity index (χ0) is 26.6. The van der Waals surface area contributed by atoms with Crippen molar-refractivity contribution in [2.75, 3.05) is 25.1 Å². The Kier molecular flexibility index (Phi) is 8.06. The monoisotopic (exact) mass is 527 g/mol. The average Bonchev–Trinajstić information content (AvgIpc) is 3.34. The van der Waals surface area contributed by atoms with Gasteiger partial charge in [0.15, 0.2) is 0 Å². The molecule has 0 N–H and O–H groups in total. The summed E-state index contributed by atoms with van der Waals surface area (Å²) in [4.78, 5) is 16.0. The van der Waals surface area contributed by atoms with Crippen LogP contribution in [0, 0.1) is 11.3 Å². The standard InChI is InChI=1S/C28H25ClF3N3O2/c1-37-27(36)20-7-4-5-19(13-20)16-34-12-11-24(18-34)35(23-10-9-21(15-33)26(29)14-23)17-22-6-2-3-8-25(22)28(30,31)32/h2-10,13-14,24H,11-12,16-18H2,1H3/t24-/m0/s1. The van der Waals surface area contributed by atoms with Gasteiger partial charge in [0, 0.05) is 37.9 Å². The first-order valence-corrected chi connectivity index (χ1v) is 12.1. The molecular formula is C28H25ClF3N3O2. The van der Waals surface area contributed by atoms with E-state index in [9.17, 15) is 23.2 Å². The SMILES string of the molecule is COC(=O)c1cccc(CN2CC[C@H](N(Cc3ccccc3C(F)(F)F)c3ccc(C#N)c(Cl)c3)C2)c1. The molecule has 0 saturated carbocycles. The molecule has 37 heavy (non-hydrogen) atoms. The second-order valence-electron chi connectivity index (χ2n) is 8.93. The van der Waals surface area contributed by atoms with Gasteiger partial charge in [0.1, 0.15) is 6.07 Å². The second kappa shape index (κ2) is 11.2. The molecule has 1 saturated heterocycles. The lowest BCUT2D eigenvalue weighted by Crippen LogP contribution is -2.37. The number of nitriles is 1. The Balaban J connectivity index is 1.60. The fourth-order valence-corrected chi connectivity index (χ4v) is 4.92. The summed E-state index contributed by atoms with van der Waals surface area (Å²) in [6.45, 7) is 1.96. The summed E-state index contributed by atoms with van der Waals surface area (Å²) in [7, 11) is 1.33. The van der Waals surface area contributed by atoms with Crippen LogP contribution in [0.15, 0.2) is 66.7 Å². The number of likely N-dealkylation sites (tertiary alicyclic amines) is 1. The lowest BCUT2D eigenvalue weighted by atomic mass is 10.0. The highest BCUT2D eigenvalue weighted by Gasteiger charge is 2.35. The Labute approximate surface area is 218 Å². The summed E-state index contributed by atoms with van der Waals surface area (Å²) >= 11 is 6.30. The number of carbonyl (C=O) groups excluding carboxylic acids is 1. The number of nitrogens with zero attached hydrogens (tertiary/aromatic N) is 3. The van der Waals surface area contributed by atoms with E-state index in [4.69, 9.17) is 16.3 Å². The molecule has 0 bridgehead atoms. The third-order valence-corrected chi connectivity index (χ3v) is 6.82. The summed E-state index contributed by atoms with van der Waals surface area (Å²) < 4.78 is 46.0. The Hall–Kier alpha value is -3.54. The maximum Gasteiger partial charge on any atom is 0.416 e. The maximum atomic E-state index is 13.7. The molecule has 0 radical (unpaired) electrons. The zero-order valence-electron chi connectivity index (χ0n) is 20.1. The van der Waals surface area contributed by atoms with Crippen molar-refractivity contribution in [2.24, 2.45) is 0 Å². The largest absolute Gasteiger partial charge is 0.465 e. The third kappa shape index (κ3) is 6.24. The van der Waals surface area contributed by atoms with E-state index in [0.717, 1.165) is 24.6 Å². The predicted octanol–water partition coefficient (Wildman–Crippen LogP) is 6.30. The summed E-state index contributed by atoms with van der Waals surface area (Å²) in [5.41, 5.74) is 1.86. The highest BCUT2D eigenvalue weighted by atomic mass is 35.5. The van der Waals surface area contributed by atoms with Crippen LogP contribution in [-0.4, -0.2) is 37.1 Å². The molecule has 0 spiro atoms. The van der Waals surface area contributed by atoms with Gasteiger partial charge in [0.2, 0.25) is 0 Å². The fraction of sp³-hybridized carbons (Fsp3) is 0.286. The van der Waals surface area contributed by atoms with Crippen LogP contribution in [0.4, 0.5) is 18.9 Å². The molecule has 0 aliphatic carbocycles. The minimum Gasteiger partial charge on any atom is -0.465 e. The van der Waals surface area contributed by atoms with Gasteiger partial charge in [0.05, 0.1) is 28.8 Å². The molecule has 1 atom stereocenters. The number of anilines is 1. The van der Waals surface area contributed by atoms with Crippen molar-refractivity contribution in [2.45, 2.75) is 31.7 Å². The molecular weight excluding hydrogens is 503 g/mol. The highest BCUT2D eigenvalue weighted by Crippen LogP contribution is 2.35. The van der Waals surface area contributed by atoms with Crippen LogP contribution >= 0.6 is 11.6 Å². The summed E-state index contributed by atoms with van der Waals surface area (Å²) in [6.07, 6.45) is -3.75. The molecule has 3 aromatic rings. The molecule has 1 heterocycles. The number of hydrogen-bond acceptors (Lipinski definition) is 5. The van der Waals surface area contributed by atoms with Gasteiger partial charge in [0.25, 0.3) is 0 Å². The van der Waals surface area contributed by atoms with Crippen LogP contribution in [0.3, 0.4) is 0 Å². The Bertz CT molecular complexity index is 1320. The maximum absolute atomic E-state index is 13.7. The Morgan fingerprint density at radius 2 is 1.95 bits per heavy atom. The predicted molar refractivity (Wildman–Crippen MR) is 135 cm³/mol. The van der Waals surface area contributed by atoms with Crippen molar-refractivity contribution in [3.05, 3.63) is 99.6 Å². The van der Waals surface area contributed by atoms with Gasteiger partial charge in [-0.2, -0.15) is 18.4 Å². The minimum absolute atomic E-state index is 0.0360. The van der Waals surface area contributed by atoms with Crippen LogP contribution in [0.25, 0.3) is 0 Å². The lowest BCUT2D eigenvalue weighted by molar-refractivity contribution is -0.138. The van der Waals surface area contributed by atoms with E-state index in [-0.39, 0.29) is 23.2 Å². The topological polar surface area (TPSA) is 56.6 Å². The Morgan fingerprint density at radius 1 is 1.16 bits per heavy atom. The first kappa shape index (κ1) is 26.5. The quantitative estimate of drug-likeness (QED) is 0.338. The van der Waals surface area contributed by atoms with Gasteiger partial charge in [-0.15, -0.1) is 0 Å². The number of methoxy groups -OCH3 is 1. The first-order chi connectivity index (χ1) is 17.7. The first-order valence-electron chi connectivity index (χ1n) is 11.7. The smallest absolute Gasteiger partial charge is 0.416 e. The number of halogens is 4. The molecule has 0 aromatic heterocycles. The highest BCUT2D eigenvalue weighted by molar-refractivity contribution is 6.32. The van der Waals surface area contributed by atoms with E-state index in [1.54, 1.807) is 42.5 Å². The number of hydrogen-bond donors (Lipinski definition) is 0. The van der Waals surface area contributed by atoms with E-state index in [1.807, 2.05) is 17.0 Å². The Morgan fingerprint density at radius 3 is 2.65 bits per heavy atom.